The van der Waals surface area contributed by atoms with Gasteiger partial charge in [0.1, 0.15) is 0 Å². The fraction of sp³-hybridized carbons (Fsp3) is 0.238. The third-order valence-corrected chi connectivity index (χ3v) is 4.37. The molecule has 0 saturated heterocycles. The van der Waals surface area contributed by atoms with Gasteiger partial charge in [-0.2, -0.15) is 5.26 Å². The molecule has 3 rings (SSSR count). The summed E-state index contributed by atoms with van der Waals surface area (Å²) in [7, 11) is 1.65. The number of carbonyl (C=O) groups is 1. The lowest BCUT2D eigenvalue weighted by Gasteiger charge is -2.06. The first-order valence-electron chi connectivity index (χ1n) is 9.18. The Hall–Kier alpha value is -3.70. The number of amides is 1. The van der Waals surface area contributed by atoms with Gasteiger partial charge in [-0.05, 0) is 42.7 Å². The molecule has 0 atom stereocenters. The zero-order valence-electron chi connectivity index (χ0n) is 16.0. The first-order chi connectivity index (χ1) is 14.1. The van der Waals surface area contributed by atoms with E-state index in [1.165, 1.54) is 10.9 Å². The minimum atomic E-state index is -0.269. The van der Waals surface area contributed by atoms with Crippen LogP contribution in [0.5, 0.6) is 0 Å². The van der Waals surface area contributed by atoms with Crippen molar-refractivity contribution in [1.29, 1.82) is 5.26 Å². The number of H-pyrrole nitrogens is 1. The van der Waals surface area contributed by atoms with Crippen LogP contribution >= 0.6 is 0 Å². The molecule has 0 aliphatic carbocycles. The average Bonchev–Trinajstić information content (AvgIpc) is 3.15. The summed E-state index contributed by atoms with van der Waals surface area (Å²) in [6.45, 7) is 1.24. The van der Waals surface area contributed by atoms with Crippen LogP contribution in [0, 0.1) is 11.3 Å². The molecular weight excluding hydrogens is 370 g/mol. The van der Waals surface area contributed by atoms with E-state index in [9.17, 15) is 9.59 Å². The lowest BCUT2D eigenvalue weighted by Crippen LogP contribution is -2.24. The van der Waals surface area contributed by atoms with Crippen LogP contribution in [-0.4, -0.2) is 40.9 Å². The van der Waals surface area contributed by atoms with Crippen molar-refractivity contribution in [3.8, 4) is 23.0 Å². The summed E-state index contributed by atoms with van der Waals surface area (Å²) in [6.07, 6.45) is 4.84. The summed E-state index contributed by atoms with van der Waals surface area (Å²) in [5.41, 5.74) is 1.87. The molecule has 0 aliphatic rings. The van der Waals surface area contributed by atoms with Crippen molar-refractivity contribution in [3.05, 3.63) is 70.3 Å². The third kappa shape index (κ3) is 4.97. The Morgan fingerprint density at radius 2 is 2.03 bits per heavy atom. The van der Waals surface area contributed by atoms with Crippen molar-refractivity contribution in [2.24, 2.45) is 0 Å². The largest absolute Gasteiger partial charge is 0.385 e. The van der Waals surface area contributed by atoms with E-state index in [2.05, 4.69) is 15.4 Å². The summed E-state index contributed by atoms with van der Waals surface area (Å²) in [4.78, 5) is 28.7. The smallest absolute Gasteiger partial charge is 0.272 e. The summed E-state index contributed by atoms with van der Waals surface area (Å²) in [6, 6.07) is 12.1. The number of hydrogen-bond donors (Lipinski definition) is 2. The lowest BCUT2D eigenvalue weighted by molar-refractivity contribution is 0.0951. The SMILES string of the molecule is COCCCCNC(=O)c1ccc(-n2cc(-c3ccc(C#N)cc3)c(=O)[nH]2)nc1. The van der Waals surface area contributed by atoms with Gasteiger partial charge in [-0.3, -0.25) is 14.7 Å². The van der Waals surface area contributed by atoms with Crippen molar-refractivity contribution in [3.63, 3.8) is 0 Å². The molecule has 3 aromatic rings. The van der Waals surface area contributed by atoms with Gasteiger partial charge in [-0.25, -0.2) is 9.67 Å². The van der Waals surface area contributed by atoms with Gasteiger partial charge in [0.2, 0.25) is 0 Å². The maximum Gasteiger partial charge on any atom is 0.272 e. The van der Waals surface area contributed by atoms with Crippen LogP contribution in [0.15, 0.2) is 53.6 Å². The van der Waals surface area contributed by atoms with E-state index >= 15 is 0 Å². The monoisotopic (exact) mass is 391 g/mol. The molecule has 148 valence electrons. The first-order valence-corrected chi connectivity index (χ1v) is 9.18. The van der Waals surface area contributed by atoms with Gasteiger partial charge < -0.3 is 10.1 Å². The standard InChI is InChI=1S/C21H21N5O3/c1-29-11-3-2-10-23-20(27)17-8-9-19(24-13-17)26-14-18(21(28)25-26)16-6-4-15(12-22)5-7-16/h4-9,13-14H,2-3,10-11H2,1H3,(H,23,27)(H,25,28). The molecular formula is C21H21N5O3. The van der Waals surface area contributed by atoms with Crippen LogP contribution in [0.2, 0.25) is 0 Å². The highest BCUT2D eigenvalue weighted by Gasteiger charge is 2.10. The van der Waals surface area contributed by atoms with Gasteiger partial charge in [0.25, 0.3) is 11.5 Å². The van der Waals surface area contributed by atoms with Crippen LogP contribution in [0.3, 0.4) is 0 Å². The van der Waals surface area contributed by atoms with Crippen molar-refractivity contribution >= 4 is 5.91 Å². The maximum absolute atomic E-state index is 12.3. The highest BCUT2D eigenvalue weighted by Crippen LogP contribution is 2.17. The number of unbranched alkanes of at least 4 members (excludes halogenated alkanes) is 1. The number of methoxy groups -OCH3 is 1. The molecule has 1 aromatic carbocycles. The Morgan fingerprint density at radius 3 is 2.69 bits per heavy atom. The Balaban J connectivity index is 1.69. The number of nitrogens with one attached hydrogen (secondary N) is 2. The Morgan fingerprint density at radius 1 is 1.24 bits per heavy atom. The molecule has 8 nitrogen and oxygen atoms in total. The number of aromatic amines is 1. The third-order valence-electron chi connectivity index (χ3n) is 4.37. The minimum Gasteiger partial charge on any atom is -0.385 e. The summed E-state index contributed by atoms with van der Waals surface area (Å²) in [5, 5.41) is 14.4. The maximum atomic E-state index is 12.3. The lowest BCUT2D eigenvalue weighted by atomic mass is 10.1. The molecule has 0 fully saturated rings. The van der Waals surface area contributed by atoms with Crippen LogP contribution < -0.4 is 10.9 Å². The number of nitriles is 1. The summed E-state index contributed by atoms with van der Waals surface area (Å²) >= 11 is 0. The number of hydrogen-bond acceptors (Lipinski definition) is 5. The number of aromatic nitrogens is 3. The zero-order chi connectivity index (χ0) is 20.6. The first kappa shape index (κ1) is 20.0. The minimum absolute atomic E-state index is 0.194. The van der Waals surface area contributed by atoms with E-state index < -0.39 is 0 Å². The highest BCUT2D eigenvalue weighted by atomic mass is 16.5. The second kappa shape index (κ2) is 9.48. The average molecular weight is 391 g/mol. The molecule has 29 heavy (non-hydrogen) atoms. The molecule has 0 unspecified atom stereocenters. The molecule has 0 radical (unpaired) electrons. The predicted octanol–water partition coefficient (Wildman–Crippen LogP) is 2.26. The fourth-order valence-corrected chi connectivity index (χ4v) is 2.78. The second-order valence-corrected chi connectivity index (χ2v) is 6.40. The van der Waals surface area contributed by atoms with Crippen LogP contribution in [0.1, 0.15) is 28.8 Å². The second-order valence-electron chi connectivity index (χ2n) is 6.40. The van der Waals surface area contributed by atoms with Gasteiger partial charge in [-0.15, -0.1) is 0 Å². The van der Waals surface area contributed by atoms with Gasteiger partial charge in [0, 0.05) is 32.7 Å². The Kier molecular flexibility index (Phi) is 6.55. The Labute approximate surface area is 167 Å². The van der Waals surface area contributed by atoms with Crippen molar-refractivity contribution in [2.75, 3.05) is 20.3 Å². The molecule has 1 amide bonds. The number of pyridine rings is 1. The van der Waals surface area contributed by atoms with E-state index in [1.54, 1.807) is 49.7 Å². The molecule has 8 heteroatoms. The highest BCUT2D eigenvalue weighted by molar-refractivity contribution is 5.93. The number of ether oxygens (including phenoxy) is 1. The van der Waals surface area contributed by atoms with E-state index in [4.69, 9.17) is 10.00 Å². The number of carbonyl (C=O) groups excluding carboxylic acids is 1. The van der Waals surface area contributed by atoms with Crippen molar-refractivity contribution < 1.29 is 9.53 Å². The predicted molar refractivity (Wildman–Crippen MR) is 108 cm³/mol. The number of rotatable bonds is 8. The topological polar surface area (TPSA) is 113 Å². The van der Waals surface area contributed by atoms with E-state index in [0.29, 0.717) is 41.2 Å². The van der Waals surface area contributed by atoms with Gasteiger partial charge in [-0.1, -0.05) is 12.1 Å². The van der Waals surface area contributed by atoms with Crippen molar-refractivity contribution in [2.45, 2.75) is 12.8 Å². The van der Waals surface area contributed by atoms with Crippen molar-refractivity contribution in [1.82, 2.24) is 20.1 Å². The molecule has 0 bridgehead atoms. The molecule has 2 N–H and O–H groups in total. The molecule has 0 aliphatic heterocycles. The summed E-state index contributed by atoms with van der Waals surface area (Å²) < 4.78 is 6.48. The van der Waals surface area contributed by atoms with Gasteiger partial charge >= 0.3 is 0 Å². The Bertz CT molecular complexity index is 1060. The molecule has 2 heterocycles. The number of nitrogens with zero attached hydrogens (tertiary/aromatic N) is 3. The molecule has 0 spiro atoms. The van der Waals surface area contributed by atoms with Crippen LogP contribution in [0.4, 0.5) is 0 Å². The summed E-state index contributed by atoms with van der Waals surface area (Å²) in [5.74, 6) is 0.291. The zero-order valence-corrected chi connectivity index (χ0v) is 16.0. The molecule has 2 aromatic heterocycles. The fourth-order valence-electron chi connectivity index (χ4n) is 2.78. The van der Waals surface area contributed by atoms with E-state index in [1.807, 2.05) is 6.07 Å². The molecule has 0 saturated carbocycles. The van der Waals surface area contributed by atoms with Crippen LogP contribution in [0.25, 0.3) is 16.9 Å². The normalized spacial score (nSPS) is 10.5. The number of benzene rings is 1. The quantitative estimate of drug-likeness (QED) is 0.572. The van der Waals surface area contributed by atoms with Crippen LogP contribution in [-0.2, 0) is 4.74 Å². The van der Waals surface area contributed by atoms with E-state index in [-0.39, 0.29) is 11.5 Å². The van der Waals surface area contributed by atoms with E-state index in [0.717, 1.165) is 12.8 Å². The van der Waals surface area contributed by atoms with Gasteiger partial charge in [0.05, 0.1) is 22.8 Å². The van der Waals surface area contributed by atoms with Gasteiger partial charge in [0.15, 0.2) is 5.82 Å².